The third kappa shape index (κ3) is 6.85. The highest BCUT2D eigenvalue weighted by Gasteiger charge is 2.33. The number of nitrogens with zero attached hydrogens (tertiary/aromatic N) is 5. The quantitative estimate of drug-likeness (QED) is 0.508. The second-order valence-corrected chi connectivity index (χ2v) is 6.76. The highest BCUT2D eigenvalue weighted by atomic mass is 19.4. The van der Waals surface area contributed by atoms with E-state index in [2.05, 4.69) is 30.7 Å². The first-order chi connectivity index (χ1) is 15.4. The van der Waals surface area contributed by atoms with Crippen LogP contribution in [0.5, 0.6) is 0 Å². The number of hydrogen-bond donors (Lipinski definition) is 2. The summed E-state index contributed by atoms with van der Waals surface area (Å²) in [5, 5.41) is 8.79. The summed E-state index contributed by atoms with van der Waals surface area (Å²) in [5.41, 5.74) is -0.597. The van der Waals surface area contributed by atoms with Crippen LogP contribution in [0.1, 0.15) is 40.3 Å². The molecule has 0 fully saturated rings. The molecule has 0 saturated carbocycles. The highest BCUT2D eigenvalue weighted by molar-refractivity contribution is 5.92. The van der Waals surface area contributed by atoms with Crippen LogP contribution in [0, 0.1) is 0 Å². The molecule has 9 nitrogen and oxygen atoms in total. The van der Waals surface area contributed by atoms with Crippen molar-refractivity contribution in [3.63, 3.8) is 0 Å². The van der Waals surface area contributed by atoms with Gasteiger partial charge in [-0.15, -0.1) is 0 Å². The fourth-order valence-corrected chi connectivity index (χ4v) is 2.59. The van der Waals surface area contributed by atoms with Gasteiger partial charge in [-0.2, -0.15) is 31.4 Å². The molecule has 0 aliphatic heterocycles. The van der Waals surface area contributed by atoms with Crippen molar-refractivity contribution in [1.29, 1.82) is 0 Å². The Hall–Kier alpha value is -3.78. The van der Waals surface area contributed by atoms with Gasteiger partial charge in [-0.05, 0) is 11.6 Å². The third-order valence-electron chi connectivity index (χ3n) is 4.17. The van der Waals surface area contributed by atoms with Crippen LogP contribution < -0.4 is 10.6 Å². The topological polar surface area (TPSA) is 114 Å². The van der Waals surface area contributed by atoms with Crippen LogP contribution in [0.15, 0.2) is 30.9 Å². The highest BCUT2D eigenvalue weighted by Crippen LogP contribution is 2.27. The summed E-state index contributed by atoms with van der Waals surface area (Å²) in [6.45, 7) is -0.203. The lowest BCUT2D eigenvalue weighted by atomic mass is 10.2. The molecular formula is C18H15F6N7O2. The van der Waals surface area contributed by atoms with E-state index >= 15 is 0 Å². The van der Waals surface area contributed by atoms with E-state index in [-0.39, 0.29) is 13.1 Å². The summed E-state index contributed by atoms with van der Waals surface area (Å²) in [6.07, 6.45) is -7.59. The lowest BCUT2D eigenvalue weighted by Crippen LogP contribution is -2.25. The fourth-order valence-electron chi connectivity index (χ4n) is 2.59. The minimum atomic E-state index is -4.72. The van der Waals surface area contributed by atoms with Gasteiger partial charge in [0.05, 0.1) is 31.1 Å². The Labute approximate surface area is 181 Å². The molecule has 0 bridgehead atoms. The Balaban J connectivity index is 1.58. The van der Waals surface area contributed by atoms with E-state index < -0.39 is 48.4 Å². The number of alkyl halides is 6. The lowest BCUT2D eigenvalue weighted by Gasteiger charge is -2.07. The summed E-state index contributed by atoms with van der Waals surface area (Å²) in [5.74, 6) is -1.63. The Morgan fingerprint density at radius 3 is 2.45 bits per heavy atom. The molecule has 33 heavy (non-hydrogen) atoms. The van der Waals surface area contributed by atoms with Gasteiger partial charge in [-0.3, -0.25) is 9.59 Å². The van der Waals surface area contributed by atoms with Crippen molar-refractivity contribution >= 4 is 17.5 Å². The van der Waals surface area contributed by atoms with E-state index in [1.54, 1.807) is 0 Å². The summed E-state index contributed by atoms with van der Waals surface area (Å²) >= 11 is 0. The number of imidazole rings is 1. The van der Waals surface area contributed by atoms with Gasteiger partial charge in [0.1, 0.15) is 17.7 Å². The lowest BCUT2D eigenvalue weighted by molar-refractivity contribution is -0.144. The SMILES string of the molecule is O=C(CCC(F)(F)F)NCc1cnn2cc(CNC(=O)c3cc(C(F)(F)F)ncn3)nc2c1. The number of fused-ring (bicyclic) bond motifs is 1. The standard InChI is InChI=1S/C18H15F6N7O2/c19-17(20,21)2-1-15(32)25-5-10-3-14-30-11(8-31(14)29-6-10)7-26-16(33)12-4-13(18(22,23)24)28-9-27-12/h3-4,6,8-9H,1-2,5,7H2,(H,25,32)(H,26,33). The van der Waals surface area contributed by atoms with Gasteiger partial charge in [-0.1, -0.05) is 0 Å². The van der Waals surface area contributed by atoms with Gasteiger partial charge in [0.15, 0.2) is 5.65 Å². The van der Waals surface area contributed by atoms with Crippen LogP contribution in [0.3, 0.4) is 0 Å². The van der Waals surface area contributed by atoms with Crippen LogP contribution >= 0.6 is 0 Å². The normalized spacial score (nSPS) is 12.1. The molecule has 0 unspecified atom stereocenters. The minimum absolute atomic E-state index is 0.0611. The smallest absolute Gasteiger partial charge is 0.352 e. The second kappa shape index (κ2) is 9.38. The number of amides is 2. The van der Waals surface area contributed by atoms with Gasteiger partial charge < -0.3 is 10.6 Å². The van der Waals surface area contributed by atoms with E-state index in [4.69, 9.17) is 0 Å². The van der Waals surface area contributed by atoms with E-state index in [1.807, 2.05) is 0 Å². The van der Waals surface area contributed by atoms with Crippen LogP contribution in [0.4, 0.5) is 26.3 Å². The maximum absolute atomic E-state index is 12.7. The number of hydrogen-bond acceptors (Lipinski definition) is 6. The molecule has 0 radical (unpaired) electrons. The second-order valence-electron chi connectivity index (χ2n) is 6.76. The number of carbonyl (C=O) groups excluding carboxylic acids is 2. The average Bonchev–Trinajstić information content (AvgIpc) is 3.15. The first-order valence-corrected chi connectivity index (χ1v) is 9.25. The van der Waals surface area contributed by atoms with Crippen LogP contribution in [0.25, 0.3) is 5.65 Å². The van der Waals surface area contributed by atoms with Crippen molar-refractivity contribution in [2.75, 3.05) is 0 Å². The molecule has 2 amide bonds. The van der Waals surface area contributed by atoms with Gasteiger partial charge in [-0.25, -0.2) is 19.5 Å². The van der Waals surface area contributed by atoms with Crippen molar-refractivity contribution in [2.45, 2.75) is 38.3 Å². The molecule has 0 spiro atoms. The first kappa shape index (κ1) is 23.9. The van der Waals surface area contributed by atoms with Gasteiger partial charge in [0, 0.05) is 19.0 Å². The van der Waals surface area contributed by atoms with Crippen molar-refractivity contribution in [2.24, 2.45) is 0 Å². The zero-order valence-electron chi connectivity index (χ0n) is 16.5. The van der Waals surface area contributed by atoms with E-state index in [1.165, 1.54) is 23.0 Å². The van der Waals surface area contributed by atoms with Crippen molar-refractivity contribution in [1.82, 2.24) is 35.2 Å². The molecule has 0 atom stereocenters. The number of aromatic nitrogens is 5. The molecule has 3 aromatic rings. The largest absolute Gasteiger partial charge is 0.433 e. The Kier molecular flexibility index (Phi) is 6.78. The molecule has 0 aromatic carbocycles. The Bertz CT molecular complexity index is 1160. The maximum atomic E-state index is 12.7. The molecule has 176 valence electrons. The summed E-state index contributed by atoms with van der Waals surface area (Å²) in [7, 11) is 0. The molecule has 15 heteroatoms. The van der Waals surface area contributed by atoms with E-state index in [0.717, 1.165) is 0 Å². The van der Waals surface area contributed by atoms with E-state index in [0.29, 0.717) is 29.3 Å². The summed E-state index contributed by atoms with van der Waals surface area (Å²) in [6, 6.07) is 2.05. The number of nitrogens with one attached hydrogen (secondary N) is 2. The predicted octanol–water partition coefficient (Wildman–Crippen LogP) is 2.43. The van der Waals surface area contributed by atoms with Gasteiger partial charge in [0.25, 0.3) is 5.91 Å². The number of carbonyl (C=O) groups is 2. The molecule has 3 heterocycles. The third-order valence-corrected chi connectivity index (χ3v) is 4.17. The molecule has 0 aliphatic rings. The molecular weight excluding hydrogens is 460 g/mol. The molecule has 2 N–H and O–H groups in total. The predicted molar refractivity (Wildman–Crippen MR) is 98.3 cm³/mol. The molecule has 0 aliphatic carbocycles. The summed E-state index contributed by atoms with van der Waals surface area (Å²) < 4.78 is 75.9. The zero-order chi connectivity index (χ0) is 24.2. The van der Waals surface area contributed by atoms with E-state index in [9.17, 15) is 35.9 Å². The van der Waals surface area contributed by atoms with Crippen molar-refractivity contribution < 1.29 is 35.9 Å². The van der Waals surface area contributed by atoms with Crippen molar-refractivity contribution in [3.8, 4) is 0 Å². The van der Waals surface area contributed by atoms with Gasteiger partial charge >= 0.3 is 12.4 Å². The maximum Gasteiger partial charge on any atom is 0.433 e. The Morgan fingerprint density at radius 1 is 1.00 bits per heavy atom. The molecule has 3 rings (SSSR count). The monoisotopic (exact) mass is 475 g/mol. The zero-order valence-corrected chi connectivity index (χ0v) is 16.5. The first-order valence-electron chi connectivity index (χ1n) is 9.25. The number of rotatable bonds is 7. The molecule has 3 aromatic heterocycles. The minimum Gasteiger partial charge on any atom is -0.352 e. The van der Waals surface area contributed by atoms with Crippen LogP contribution in [0.2, 0.25) is 0 Å². The van der Waals surface area contributed by atoms with Crippen LogP contribution in [-0.4, -0.2) is 42.6 Å². The van der Waals surface area contributed by atoms with Crippen LogP contribution in [-0.2, 0) is 24.1 Å². The fraction of sp³-hybridized carbons (Fsp3) is 0.333. The number of halogens is 6. The van der Waals surface area contributed by atoms with Gasteiger partial charge in [0.2, 0.25) is 5.91 Å². The van der Waals surface area contributed by atoms with Crippen molar-refractivity contribution in [3.05, 3.63) is 53.5 Å². The Morgan fingerprint density at radius 2 is 1.76 bits per heavy atom. The average molecular weight is 475 g/mol. The summed E-state index contributed by atoms with van der Waals surface area (Å²) in [4.78, 5) is 34.4. The molecule has 0 saturated heterocycles.